The third-order valence-corrected chi connectivity index (χ3v) is 2.81. The van der Waals surface area contributed by atoms with Crippen molar-refractivity contribution in [1.29, 1.82) is 0 Å². The normalized spacial score (nSPS) is 16.4. The van der Waals surface area contributed by atoms with Gasteiger partial charge in [0.05, 0.1) is 18.8 Å². The number of phenols is 1. The second kappa shape index (κ2) is 5.05. The number of anilines is 1. The highest BCUT2D eigenvalue weighted by Crippen LogP contribution is 2.29. The molecule has 2 rings (SSSR count). The van der Waals surface area contributed by atoms with E-state index in [-0.39, 0.29) is 24.8 Å². The van der Waals surface area contributed by atoms with Crippen molar-refractivity contribution in [2.45, 2.75) is 12.8 Å². The van der Waals surface area contributed by atoms with E-state index in [1.807, 2.05) is 6.07 Å². The van der Waals surface area contributed by atoms with Crippen LogP contribution >= 0.6 is 0 Å². The summed E-state index contributed by atoms with van der Waals surface area (Å²) in [7, 11) is 0. The van der Waals surface area contributed by atoms with Gasteiger partial charge in [0.1, 0.15) is 5.75 Å². The van der Waals surface area contributed by atoms with Gasteiger partial charge >= 0.3 is 0 Å². The van der Waals surface area contributed by atoms with E-state index in [9.17, 15) is 9.90 Å². The molecule has 17 heavy (non-hydrogen) atoms. The highest BCUT2D eigenvalue weighted by atomic mass is 16.3. The third kappa shape index (κ3) is 2.34. The Morgan fingerprint density at radius 1 is 1.29 bits per heavy atom. The largest absolute Gasteiger partial charge is 0.506 e. The lowest BCUT2D eigenvalue weighted by Gasteiger charge is -2.39. The molecular weight excluding hydrogens is 220 g/mol. The predicted molar refractivity (Wildman–Crippen MR) is 63.5 cm³/mol. The number of hydrogen-bond acceptors (Lipinski definition) is 4. The maximum absolute atomic E-state index is 11.8. The van der Waals surface area contributed by atoms with Crippen LogP contribution in [0.15, 0.2) is 24.3 Å². The van der Waals surface area contributed by atoms with E-state index < -0.39 is 0 Å². The van der Waals surface area contributed by atoms with Crippen LogP contribution in [0.3, 0.4) is 0 Å². The van der Waals surface area contributed by atoms with Crippen LogP contribution in [0.4, 0.5) is 5.69 Å². The highest BCUT2D eigenvalue weighted by Gasteiger charge is 2.27. The average Bonchev–Trinajstić information content (AvgIpc) is 2.33. The second-order valence-electron chi connectivity index (χ2n) is 3.96. The summed E-state index contributed by atoms with van der Waals surface area (Å²) in [4.78, 5) is 11.8. The Bertz CT molecular complexity index is 408. The molecule has 0 atom stereocenters. The van der Waals surface area contributed by atoms with Gasteiger partial charge in [-0.3, -0.25) is 14.8 Å². The first-order valence-electron chi connectivity index (χ1n) is 5.70. The number of hydrogen-bond donors (Lipinski definition) is 2. The van der Waals surface area contributed by atoms with E-state index in [1.165, 1.54) is 5.01 Å². The van der Waals surface area contributed by atoms with Crippen molar-refractivity contribution in [2.24, 2.45) is 0 Å². The SMILES string of the molecule is O=C1CCCN(c2ccccc2O)N1CCO. The average molecular weight is 236 g/mol. The number of rotatable bonds is 3. The molecule has 0 aromatic heterocycles. The summed E-state index contributed by atoms with van der Waals surface area (Å²) in [5.41, 5.74) is 0.606. The zero-order valence-electron chi connectivity index (χ0n) is 9.54. The van der Waals surface area contributed by atoms with Crippen molar-refractivity contribution >= 4 is 11.6 Å². The summed E-state index contributed by atoms with van der Waals surface area (Å²) >= 11 is 0. The molecule has 0 bridgehead atoms. The van der Waals surface area contributed by atoms with Crippen LogP contribution in [0.5, 0.6) is 5.75 Å². The van der Waals surface area contributed by atoms with Crippen LogP contribution in [-0.2, 0) is 4.79 Å². The number of β-amino-alcohol motifs (C(OH)–C–C–N with tert-alkyl or cyclic N) is 1. The summed E-state index contributed by atoms with van der Waals surface area (Å²) in [5.74, 6) is 0.124. The van der Waals surface area contributed by atoms with Crippen LogP contribution in [-0.4, -0.2) is 40.8 Å². The van der Waals surface area contributed by atoms with Gasteiger partial charge in [-0.15, -0.1) is 0 Å². The van der Waals surface area contributed by atoms with Gasteiger partial charge in [-0.2, -0.15) is 0 Å². The lowest BCUT2D eigenvalue weighted by molar-refractivity contribution is -0.134. The molecule has 0 spiro atoms. The molecule has 0 aliphatic carbocycles. The molecule has 0 unspecified atom stereocenters. The maximum Gasteiger partial charge on any atom is 0.241 e. The van der Waals surface area contributed by atoms with E-state index in [1.54, 1.807) is 23.2 Å². The van der Waals surface area contributed by atoms with E-state index in [0.29, 0.717) is 18.7 Å². The lowest BCUT2D eigenvalue weighted by atomic mass is 10.2. The van der Waals surface area contributed by atoms with Crippen LogP contribution in [0.2, 0.25) is 0 Å². The molecule has 1 heterocycles. The Morgan fingerprint density at radius 3 is 2.76 bits per heavy atom. The summed E-state index contributed by atoms with van der Waals surface area (Å²) in [6.07, 6.45) is 1.25. The maximum atomic E-state index is 11.8. The minimum atomic E-state index is -0.0875. The molecule has 92 valence electrons. The topological polar surface area (TPSA) is 64.0 Å². The van der Waals surface area contributed by atoms with Crippen molar-refractivity contribution in [2.75, 3.05) is 24.7 Å². The van der Waals surface area contributed by atoms with Gasteiger partial charge in [0.25, 0.3) is 0 Å². The van der Waals surface area contributed by atoms with Crippen molar-refractivity contribution in [3.8, 4) is 5.75 Å². The molecule has 1 saturated heterocycles. The zero-order chi connectivity index (χ0) is 12.3. The van der Waals surface area contributed by atoms with Crippen LogP contribution in [0.1, 0.15) is 12.8 Å². The highest BCUT2D eigenvalue weighted by molar-refractivity contribution is 5.80. The van der Waals surface area contributed by atoms with Gasteiger partial charge in [0.2, 0.25) is 5.91 Å². The Hall–Kier alpha value is -1.75. The summed E-state index contributed by atoms with van der Waals surface area (Å²) in [6.45, 7) is 0.840. The fourth-order valence-corrected chi connectivity index (χ4v) is 2.04. The summed E-state index contributed by atoms with van der Waals surface area (Å²) in [6, 6.07) is 6.90. The molecule has 1 fully saturated rings. The quantitative estimate of drug-likeness (QED) is 0.812. The second-order valence-corrected chi connectivity index (χ2v) is 3.96. The molecule has 1 amide bonds. The standard InChI is InChI=1S/C12H16N2O3/c15-9-8-14-12(17)6-3-7-13(14)10-4-1-2-5-11(10)16/h1-2,4-5,15-16H,3,6-9H2. The summed E-state index contributed by atoms with van der Waals surface area (Å²) < 4.78 is 0. The van der Waals surface area contributed by atoms with Crippen LogP contribution in [0.25, 0.3) is 0 Å². The molecule has 0 saturated carbocycles. The molecule has 1 aromatic rings. The van der Waals surface area contributed by atoms with Gasteiger partial charge in [-0.25, -0.2) is 0 Å². The molecule has 5 nitrogen and oxygen atoms in total. The molecular formula is C12H16N2O3. The lowest BCUT2D eigenvalue weighted by Crippen LogP contribution is -2.51. The first-order chi connectivity index (χ1) is 8.24. The Labute approximate surface area is 99.9 Å². The van der Waals surface area contributed by atoms with Gasteiger partial charge in [0.15, 0.2) is 0 Å². The van der Waals surface area contributed by atoms with Crippen LogP contribution in [0, 0.1) is 0 Å². The molecule has 0 radical (unpaired) electrons. The van der Waals surface area contributed by atoms with Gasteiger partial charge in [0, 0.05) is 13.0 Å². The van der Waals surface area contributed by atoms with E-state index >= 15 is 0 Å². The minimum Gasteiger partial charge on any atom is -0.506 e. The zero-order valence-corrected chi connectivity index (χ0v) is 9.54. The number of phenolic OH excluding ortho intramolecular Hbond substituents is 1. The van der Waals surface area contributed by atoms with Crippen molar-refractivity contribution in [1.82, 2.24) is 5.01 Å². The number of hydrazine groups is 1. The molecule has 1 aliphatic rings. The number of carbonyl (C=O) groups excluding carboxylic acids is 1. The van der Waals surface area contributed by atoms with Crippen LogP contribution < -0.4 is 5.01 Å². The predicted octanol–water partition coefficient (Wildman–Crippen LogP) is 0.728. The van der Waals surface area contributed by atoms with Gasteiger partial charge in [-0.1, -0.05) is 12.1 Å². The number of aromatic hydroxyl groups is 1. The number of aliphatic hydroxyl groups excluding tert-OH is 1. The van der Waals surface area contributed by atoms with Gasteiger partial charge < -0.3 is 10.2 Å². The van der Waals surface area contributed by atoms with E-state index in [2.05, 4.69) is 0 Å². The van der Waals surface area contributed by atoms with Crippen molar-refractivity contribution < 1.29 is 15.0 Å². The van der Waals surface area contributed by atoms with E-state index in [4.69, 9.17) is 5.11 Å². The monoisotopic (exact) mass is 236 g/mol. The van der Waals surface area contributed by atoms with Gasteiger partial charge in [-0.05, 0) is 18.6 Å². The first-order valence-corrected chi connectivity index (χ1v) is 5.70. The number of aliphatic hydroxyl groups is 1. The molecule has 1 aromatic carbocycles. The van der Waals surface area contributed by atoms with E-state index in [0.717, 1.165) is 6.42 Å². The Morgan fingerprint density at radius 2 is 2.06 bits per heavy atom. The number of amides is 1. The number of nitrogens with zero attached hydrogens (tertiary/aromatic N) is 2. The Kier molecular flexibility index (Phi) is 3.49. The smallest absolute Gasteiger partial charge is 0.241 e. The third-order valence-electron chi connectivity index (χ3n) is 2.81. The van der Waals surface area contributed by atoms with Crippen molar-refractivity contribution in [3.63, 3.8) is 0 Å². The first kappa shape index (κ1) is 11.7. The molecule has 5 heteroatoms. The Balaban J connectivity index is 2.28. The number of benzene rings is 1. The number of carbonyl (C=O) groups is 1. The molecule has 1 aliphatic heterocycles. The minimum absolute atomic E-state index is 0.0199. The number of para-hydroxylation sites is 2. The fourth-order valence-electron chi connectivity index (χ4n) is 2.04. The molecule has 2 N–H and O–H groups in total. The van der Waals surface area contributed by atoms with Crippen molar-refractivity contribution in [3.05, 3.63) is 24.3 Å². The fraction of sp³-hybridized carbons (Fsp3) is 0.417. The summed E-state index contributed by atoms with van der Waals surface area (Å²) in [5, 5.41) is 22.0.